The largest absolute Gasteiger partial charge is 0.359 e. The highest BCUT2D eigenvalue weighted by atomic mass is 16.1. The second-order valence-electron chi connectivity index (χ2n) is 3.76. The quantitative estimate of drug-likeness (QED) is 0.751. The van der Waals surface area contributed by atoms with E-state index in [1.165, 1.54) is 19.3 Å². The summed E-state index contributed by atoms with van der Waals surface area (Å²) >= 11 is 0. The molecular formula is C12H26N2O. The van der Waals surface area contributed by atoms with Gasteiger partial charge in [0.1, 0.15) is 0 Å². The molecule has 0 aromatic heterocycles. The first-order chi connectivity index (χ1) is 7.33. The normalized spacial score (nSPS) is 16.5. The Hall–Kier alpha value is -0.570. The Labute approximate surface area is 94.0 Å². The summed E-state index contributed by atoms with van der Waals surface area (Å²) in [7, 11) is 1.70. The molecule has 3 nitrogen and oxygen atoms in total. The van der Waals surface area contributed by atoms with Crippen LogP contribution in [0.25, 0.3) is 0 Å². The predicted molar refractivity (Wildman–Crippen MR) is 64.9 cm³/mol. The van der Waals surface area contributed by atoms with Gasteiger partial charge in [-0.15, -0.1) is 0 Å². The van der Waals surface area contributed by atoms with Crippen LogP contribution in [-0.4, -0.2) is 26.0 Å². The summed E-state index contributed by atoms with van der Waals surface area (Å²) in [6.45, 7) is 6.31. The third kappa shape index (κ3) is 7.37. The van der Waals surface area contributed by atoms with Gasteiger partial charge >= 0.3 is 0 Å². The Morgan fingerprint density at radius 2 is 1.93 bits per heavy atom. The van der Waals surface area contributed by atoms with Crippen LogP contribution in [0, 0.1) is 5.92 Å². The lowest BCUT2D eigenvalue weighted by Gasteiger charge is -2.22. The van der Waals surface area contributed by atoms with Crippen LogP contribution in [0.1, 0.15) is 46.0 Å². The molecule has 2 N–H and O–H groups in total. The number of piperidine rings is 1. The van der Waals surface area contributed by atoms with Crippen LogP contribution in [0.2, 0.25) is 0 Å². The molecule has 15 heavy (non-hydrogen) atoms. The molecule has 0 aliphatic carbocycles. The third-order valence-corrected chi connectivity index (χ3v) is 2.75. The highest BCUT2D eigenvalue weighted by Crippen LogP contribution is 2.18. The zero-order valence-electron chi connectivity index (χ0n) is 10.4. The van der Waals surface area contributed by atoms with E-state index in [-0.39, 0.29) is 5.91 Å². The summed E-state index contributed by atoms with van der Waals surface area (Å²) < 4.78 is 0. The van der Waals surface area contributed by atoms with Gasteiger partial charge in [-0.1, -0.05) is 13.8 Å². The number of rotatable bonds is 4. The molecule has 1 fully saturated rings. The molecular weight excluding hydrogens is 188 g/mol. The Morgan fingerprint density at radius 1 is 1.33 bits per heavy atom. The zero-order chi connectivity index (χ0) is 11.5. The van der Waals surface area contributed by atoms with Crippen LogP contribution in [0.4, 0.5) is 0 Å². The van der Waals surface area contributed by atoms with Crippen molar-refractivity contribution in [3.63, 3.8) is 0 Å². The van der Waals surface area contributed by atoms with E-state index in [9.17, 15) is 4.79 Å². The van der Waals surface area contributed by atoms with Crippen molar-refractivity contribution in [2.75, 3.05) is 20.1 Å². The molecule has 1 rings (SSSR count). The fourth-order valence-electron chi connectivity index (χ4n) is 1.85. The molecule has 0 aromatic carbocycles. The molecule has 0 aromatic rings. The van der Waals surface area contributed by atoms with E-state index in [4.69, 9.17) is 0 Å². The molecule has 0 atom stereocenters. The molecule has 1 aliphatic rings. The van der Waals surface area contributed by atoms with Crippen molar-refractivity contribution >= 4 is 5.91 Å². The van der Waals surface area contributed by atoms with Crippen molar-refractivity contribution in [2.45, 2.75) is 46.0 Å². The molecule has 90 valence electrons. The first-order valence-corrected chi connectivity index (χ1v) is 6.24. The predicted octanol–water partition coefficient (Wildman–Crippen LogP) is 1.93. The highest BCUT2D eigenvalue weighted by molar-refractivity contribution is 5.75. The monoisotopic (exact) mass is 214 g/mol. The van der Waals surface area contributed by atoms with Crippen LogP contribution in [0.3, 0.4) is 0 Å². The van der Waals surface area contributed by atoms with Gasteiger partial charge in [0.2, 0.25) is 5.91 Å². The van der Waals surface area contributed by atoms with E-state index < -0.39 is 0 Å². The smallest absolute Gasteiger partial charge is 0.219 e. The summed E-state index contributed by atoms with van der Waals surface area (Å²) in [5, 5.41) is 6.00. The van der Waals surface area contributed by atoms with E-state index in [0.717, 1.165) is 25.4 Å². The van der Waals surface area contributed by atoms with E-state index in [1.54, 1.807) is 7.05 Å². The average molecular weight is 214 g/mol. The SMILES string of the molecule is CC.CNC(=O)CCCC1CCNCC1. The molecule has 1 amide bonds. The van der Waals surface area contributed by atoms with Crippen molar-refractivity contribution < 1.29 is 4.79 Å². The lowest BCUT2D eigenvalue weighted by molar-refractivity contribution is -0.120. The van der Waals surface area contributed by atoms with Crippen molar-refractivity contribution in [1.29, 1.82) is 0 Å². The number of nitrogens with one attached hydrogen (secondary N) is 2. The Kier molecular flexibility index (Phi) is 9.59. The maximum absolute atomic E-state index is 10.9. The van der Waals surface area contributed by atoms with Gasteiger partial charge in [-0.05, 0) is 44.7 Å². The summed E-state index contributed by atoms with van der Waals surface area (Å²) in [6, 6.07) is 0. The topological polar surface area (TPSA) is 41.1 Å². The van der Waals surface area contributed by atoms with Crippen LogP contribution in [0.15, 0.2) is 0 Å². The Balaban J connectivity index is 0.000000921. The van der Waals surface area contributed by atoms with Gasteiger partial charge in [-0.25, -0.2) is 0 Å². The lowest BCUT2D eigenvalue weighted by Crippen LogP contribution is -2.27. The molecule has 1 heterocycles. The lowest BCUT2D eigenvalue weighted by atomic mass is 9.92. The maximum atomic E-state index is 10.9. The standard InChI is InChI=1S/C10H20N2O.C2H6/c1-11-10(13)4-2-3-9-5-7-12-8-6-9;1-2/h9,12H,2-8H2,1H3,(H,11,13);1-2H3. The first-order valence-electron chi connectivity index (χ1n) is 6.24. The fraction of sp³-hybridized carbons (Fsp3) is 0.917. The highest BCUT2D eigenvalue weighted by Gasteiger charge is 2.12. The van der Waals surface area contributed by atoms with Gasteiger partial charge in [0, 0.05) is 13.5 Å². The molecule has 0 spiro atoms. The minimum atomic E-state index is 0.175. The number of carbonyl (C=O) groups excluding carboxylic acids is 1. The summed E-state index contributed by atoms with van der Waals surface area (Å²) in [4.78, 5) is 10.9. The molecule has 3 heteroatoms. The maximum Gasteiger partial charge on any atom is 0.219 e. The molecule has 0 saturated carbocycles. The molecule has 0 bridgehead atoms. The Bertz CT molecular complexity index is 154. The fourth-order valence-corrected chi connectivity index (χ4v) is 1.85. The number of hydrogen-bond donors (Lipinski definition) is 2. The molecule has 1 aliphatic heterocycles. The second kappa shape index (κ2) is 9.97. The van der Waals surface area contributed by atoms with Gasteiger partial charge in [-0.3, -0.25) is 4.79 Å². The van der Waals surface area contributed by atoms with Gasteiger partial charge in [0.15, 0.2) is 0 Å². The first kappa shape index (κ1) is 14.4. The third-order valence-electron chi connectivity index (χ3n) is 2.75. The molecule has 0 radical (unpaired) electrons. The number of hydrogen-bond acceptors (Lipinski definition) is 2. The average Bonchev–Trinajstić information content (AvgIpc) is 2.33. The van der Waals surface area contributed by atoms with E-state index in [2.05, 4.69) is 10.6 Å². The second-order valence-corrected chi connectivity index (χ2v) is 3.76. The Morgan fingerprint density at radius 3 is 2.47 bits per heavy atom. The van der Waals surface area contributed by atoms with E-state index in [0.29, 0.717) is 6.42 Å². The van der Waals surface area contributed by atoms with Crippen molar-refractivity contribution in [2.24, 2.45) is 5.92 Å². The molecule has 0 unspecified atom stereocenters. The zero-order valence-corrected chi connectivity index (χ0v) is 10.4. The van der Waals surface area contributed by atoms with Crippen molar-refractivity contribution in [1.82, 2.24) is 10.6 Å². The van der Waals surface area contributed by atoms with E-state index in [1.807, 2.05) is 13.8 Å². The van der Waals surface area contributed by atoms with Crippen molar-refractivity contribution in [3.05, 3.63) is 0 Å². The van der Waals surface area contributed by atoms with Gasteiger partial charge < -0.3 is 10.6 Å². The summed E-state index contributed by atoms with van der Waals surface area (Å²) in [6.07, 6.45) is 5.53. The number of carbonyl (C=O) groups is 1. The summed E-state index contributed by atoms with van der Waals surface area (Å²) in [5.41, 5.74) is 0. The van der Waals surface area contributed by atoms with Crippen LogP contribution in [0.5, 0.6) is 0 Å². The van der Waals surface area contributed by atoms with Crippen LogP contribution >= 0.6 is 0 Å². The minimum Gasteiger partial charge on any atom is -0.359 e. The van der Waals surface area contributed by atoms with Crippen LogP contribution < -0.4 is 10.6 Å². The van der Waals surface area contributed by atoms with E-state index >= 15 is 0 Å². The van der Waals surface area contributed by atoms with Gasteiger partial charge in [0.05, 0.1) is 0 Å². The number of amides is 1. The van der Waals surface area contributed by atoms with Crippen LogP contribution in [-0.2, 0) is 4.79 Å². The van der Waals surface area contributed by atoms with Gasteiger partial charge in [-0.2, -0.15) is 0 Å². The van der Waals surface area contributed by atoms with Gasteiger partial charge in [0.25, 0.3) is 0 Å². The summed E-state index contributed by atoms with van der Waals surface area (Å²) in [5.74, 6) is 1.03. The molecule has 1 saturated heterocycles. The van der Waals surface area contributed by atoms with Crippen molar-refractivity contribution in [3.8, 4) is 0 Å². The minimum absolute atomic E-state index is 0.175.